The third-order valence-electron chi connectivity index (χ3n) is 2.58. The normalized spacial score (nSPS) is 14.1. The number of carboxylic acid groups (broad SMARTS) is 1. The average Bonchev–Trinajstić information content (AvgIpc) is 3.12. The smallest absolute Gasteiger partial charge is 0.356 e. The predicted octanol–water partition coefficient (Wildman–Crippen LogP) is -0.110. The van der Waals surface area contributed by atoms with Gasteiger partial charge >= 0.3 is 5.97 Å². The highest BCUT2D eigenvalue weighted by Crippen LogP contribution is 2.18. The number of amides is 1. The lowest BCUT2D eigenvalue weighted by atomic mass is 10.3. The molecule has 0 saturated heterocycles. The number of anilines is 1. The van der Waals surface area contributed by atoms with Crippen LogP contribution in [0, 0.1) is 0 Å². The van der Waals surface area contributed by atoms with E-state index in [1.807, 2.05) is 0 Å². The van der Waals surface area contributed by atoms with Gasteiger partial charge in [0.05, 0.1) is 6.54 Å². The van der Waals surface area contributed by atoms with Crippen molar-refractivity contribution in [1.29, 1.82) is 0 Å². The van der Waals surface area contributed by atoms with Gasteiger partial charge in [-0.25, -0.2) is 4.79 Å². The number of carbonyl (C=O) groups is 2. The van der Waals surface area contributed by atoms with E-state index >= 15 is 0 Å². The molecule has 0 unspecified atom stereocenters. The van der Waals surface area contributed by atoms with Crippen LogP contribution in [0.2, 0.25) is 0 Å². The van der Waals surface area contributed by atoms with E-state index in [0.29, 0.717) is 11.9 Å². The Morgan fingerprint density at radius 1 is 1.44 bits per heavy atom. The standard InChI is InChI=1S/C11H14N4O3/c1-15(6-10(16)12-7-2-3-7)9-5-4-8(11(17)18)13-14-9/h4-5,7H,2-3,6H2,1H3,(H,12,16)(H,17,18). The van der Waals surface area contributed by atoms with Gasteiger partial charge in [0.1, 0.15) is 0 Å². The second kappa shape index (κ2) is 4.99. The molecule has 7 nitrogen and oxygen atoms in total. The van der Waals surface area contributed by atoms with E-state index in [9.17, 15) is 9.59 Å². The Bertz CT molecular complexity index is 456. The summed E-state index contributed by atoms with van der Waals surface area (Å²) in [5, 5.41) is 18.9. The number of carbonyl (C=O) groups excluding carboxylic acids is 1. The summed E-state index contributed by atoms with van der Waals surface area (Å²) in [6, 6.07) is 3.22. The van der Waals surface area contributed by atoms with Gasteiger partial charge in [-0.1, -0.05) is 0 Å². The van der Waals surface area contributed by atoms with Gasteiger partial charge in [-0.05, 0) is 25.0 Å². The minimum Gasteiger partial charge on any atom is -0.476 e. The number of nitrogens with one attached hydrogen (secondary N) is 1. The highest BCUT2D eigenvalue weighted by molar-refractivity contribution is 5.85. The number of rotatable bonds is 5. The Morgan fingerprint density at radius 2 is 2.17 bits per heavy atom. The van der Waals surface area contributed by atoms with E-state index in [1.54, 1.807) is 11.9 Å². The van der Waals surface area contributed by atoms with Gasteiger partial charge in [0.15, 0.2) is 11.5 Å². The lowest BCUT2D eigenvalue weighted by molar-refractivity contribution is -0.119. The summed E-state index contributed by atoms with van der Waals surface area (Å²) in [7, 11) is 1.71. The van der Waals surface area contributed by atoms with Gasteiger partial charge in [-0.3, -0.25) is 4.79 Å². The van der Waals surface area contributed by atoms with Crippen LogP contribution in [0.25, 0.3) is 0 Å². The molecule has 0 aromatic carbocycles. The van der Waals surface area contributed by atoms with Crippen molar-refractivity contribution >= 4 is 17.7 Å². The van der Waals surface area contributed by atoms with Gasteiger partial charge in [0, 0.05) is 13.1 Å². The number of hydrogen-bond donors (Lipinski definition) is 2. The molecule has 0 radical (unpaired) electrons. The summed E-state index contributed by atoms with van der Waals surface area (Å²) in [6.07, 6.45) is 2.09. The first-order valence-corrected chi connectivity index (χ1v) is 5.64. The van der Waals surface area contributed by atoms with Crippen LogP contribution in [0.15, 0.2) is 12.1 Å². The predicted molar refractivity (Wildman–Crippen MR) is 63.4 cm³/mol. The molecule has 1 amide bonds. The van der Waals surface area contributed by atoms with Crippen molar-refractivity contribution in [3.63, 3.8) is 0 Å². The summed E-state index contributed by atoms with van der Waals surface area (Å²) in [5.41, 5.74) is -0.116. The Labute approximate surface area is 104 Å². The van der Waals surface area contributed by atoms with E-state index in [0.717, 1.165) is 12.8 Å². The van der Waals surface area contributed by atoms with Crippen molar-refractivity contribution in [2.75, 3.05) is 18.5 Å². The van der Waals surface area contributed by atoms with Crippen LogP contribution in [0.3, 0.4) is 0 Å². The van der Waals surface area contributed by atoms with E-state index < -0.39 is 5.97 Å². The van der Waals surface area contributed by atoms with Crippen LogP contribution in [-0.4, -0.2) is 46.8 Å². The van der Waals surface area contributed by atoms with Gasteiger partial charge < -0.3 is 15.3 Å². The molecule has 1 saturated carbocycles. The van der Waals surface area contributed by atoms with Crippen molar-refractivity contribution in [2.45, 2.75) is 18.9 Å². The number of aromatic carboxylic acids is 1. The first kappa shape index (κ1) is 12.3. The van der Waals surface area contributed by atoms with Crippen molar-refractivity contribution < 1.29 is 14.7 Å². The number of carboxylic acids is 1. The molecule has 0 bridgehead atoms. The molecule has 18 heavy (non-hydrogen) atoms. The zero-order valence-electron chi connectivity index (χ0n) is 9.96. The topological polar surface area (TPSA) is 95.4 Å². The van der Waals surface area contributed by atoms with Crippen LogP contribution in [0.5, 0.6) is 0 Å². The fourth-order valence-electron chi connectivity index (χ4n) is 1.44. The number of aromatic nitrogens is 2. The molecular formula is C11H14N4O3. The van der Waals surface area contributed by atoms with E-state index in [2.05, 4.69) is 15.5 Å². The molecule has 7 heteroatoms. The van der Waals surface area contributed by atoms with Gasteiger partial charge in [0.2, 0.25) is 5.91 Å². The zero-order valence-corrected chi connectivity index (χ0v) is 9.96. The molecule has 1 aliphatic rings. The van der Waals surface area contributed by atoms with Gasteiger partial charge in [-0.2, -0.15) is 0 Å². The number of likely N-dealkylation sites (N-methyl/N-ethyl adjacent to an activating group) is 1. The fraction of sp³-hybridized carbons (Fsp3) is 0.455. The van der Waals surface area contributed by atoms with E-state index in [-0.39, 0.29) is 18.1 Å². The molecule has 0 spiro atoms. The maximum Gasteiger partial charge on any atom is 0.356 e. The summed E-state index contributed by atoms with van der Waals surface area (Å²) in [6.45, 7) is 0.178. The molecule has 0 atom stereocenters. The summed E-state index contributed by atoms with van der Waals surface area (Å²) in [4.78, 5) is 23.8. The van der Waals surface area contributed by atoms with Crippen molar-refractivity contribution in [2.24, 2.45) is 0 Å². The molecule has 1 heterocycles. The largest absolute Gasteiger partial charge is 0.476 e. The van der Waals surface area contributed by atoms with Crippen LogP contribution >= 0.6 is 0 Å². The quantitative estimate of drug-likeness (QED) is 0.757. The maximum absolute atomic E-state index is 11.6. The van der Waals surface area contributed by atoms with Gasteiger partial charge in [0.25, 0.3) is 0 Å². The van der Waals surface area contributed by atoms with Crippen LogP contribution in [0.1, 0.15) is 23.3 Å². The lowest BCUT2D eigenvalue weighted by Crippen LogP contribution is -2.36. The molecule has 1 aromatic heterocycles. The monoisotopic (exact) mass is 250 g/mol. The van der Waals surface area contributed by atoms with E-state index in [1.165, 1.54) is 12.1 Å². The first-order valence-electron chi connectivity index (χ1n) is 5.64. The first-order chi connectivity index (χ1) is 8.56. The molecule has 1 fully saturated rings. The number of nitrogens with zero attached hydrogens (tertiary/aromatic N) is 3. The molecule has 2 N–H and O–H groups in total. The van der Waals surface area contributed by atoms with Gasteiger partial charge in [-0.15, -0.1) is 10.2 Å². The van der Waals surface area contributed by atoms with Crippen molar-refractivity contribution in [3.8, 4) is 0 Å². The van der Waals surface area contributed by atoms with E-state index in [4.69, 9.17) is 5.11 Å². The maximum atomic E-state index is 11.6. The minimum absolute atomic E-state index is 0.0656. The number of hydrogen-bond acceptors (Lipinski definition) is 5. The highest BCUT2D eigenvalue weighted by atomic mass is 16.4. The molecule has 0 aliphatic heterocycles. The van der Waals surface area contributed by atoms with Crippen molar-refractivity contribution in [1.82, 2.24) is 15.5 Å². The highest BCUT2D eigenvalue weighted by Gasteiger charge is 2.23. The lowest BCUT2D eigenvalue weighted by Gasteiger charge is -2.16. The molecule has 1 aromatic rings. The average molecular weight is 250 g/mol. The zero-order chi connectivity index (χ0) is 13.1. The van der Waals surface area contributed by atoms with Crippen LogP contribution in [0.4, 0.5) is 5.82 Å². The second-order valence-electron chi connectivity index (χ2n) is 4.28. The SMILES string of the molecule is CN(CC(=O)NC1CC1)c1ccc(C(=O)O)nn1. The minimum atomic E-state index is -1.12. The van der Waals surface area contributed by atoms with Crippen LogP contribution < -0.4 is 10.2 Å². The third kappa shape index (κ3) is 3.16. The molecular weight excluding hydrogens is 236 g/mol. The fourth-order valence-corrected chi connectivity index (χ4v) is 1.44. The summed E-state index contributed by atoms with van der Waals surface area (Å²) < 4.78 is 0. The third-order valence-corrected chi connectivity index (χ3v) is 2.58. The summed E-state index contributed by atoms with van der Waals surface area (Å²) in [5.74, 6) is -0.724. The summed E-state index contributed by atoms with van der Waals surface area (Å²) >= 11 is 0. The second-order valence-corrected chi connectivity index (χ2v) is 4.28. The Morgan fingerprint density at radius 3 is 2.67 bits per heavy atom. The Kier molecular flexibility index (Phi) is 3.40. The Hall–Kier alpha value is -2.18. The Balaban J connectivity index is 1.92. The molecule has 2 rings (SSSR count). The molecule has 1 aliphatic carbocycles. The van der Waals surface area contributed by atoms with Crippen LogP contribution in [-0.2, 0) is 4.79 Å². The molecule has 96 valence electrons. The van der Waals surface area contributed by atoms with Crippen molar-refractivity contribution in [3.05, 3.63) is 17.8 Å².